The third kappa shape index (κ3) is 4.63. The first-order valence-corrected chi connectivity index (χ1v) is 7.99. The molecule has 0 amide bonds. The summed E-state index contributed by atoms with van der Waals surface area (Å²) in [6.07, 6.45) is 3.60. The molecular weight excluding hydrogens is 296 g/mol. The molecule has 2 rings (SSSR count). The normalized spacial score (nSPS) is 11.4. The van der Waals surface area contributed by atoms with Crippen LogP contribution in [-0.4, -0.2) is 13.2 Å². The van der Waals surface area contributed by atoms with Gasteiger partial charge in [-0.2, -0.15) is 0 Å². The molecule has 0 saturated heterocycles. The zero-order valence-electron chi connectivity index (χ0n) is 14.4. The maximum Gasteiger partial charge on any atom is 0.122 e. The van der Waals surface area contributed by atoms with E-state index in [1.165, 1.54) is 0 Å². The molecule has 0 bridgehead atoms. The average molecular weight is 320 g/mol. The van der Waals surface area contributed by atoms with Crippen molar-refractivity contribution in [2.75, 3.05) is 13.2 Å². The summed E-state index contributed by atoms with van der Waals surface area (Å²) in [5, 5.41) is 0. The van der Waals surface area contributed by atoms with Gasteiger partial charge in [0.05, 0.1) is 0 Å². The molecule has 0 heterocycles. The largest absolute Gasteiger partial charge is 0.489 e. The van der Waals surface area contributed by atoms with E-state index in [4.69, 9.17) is 9.47 Å². The minimum atomic E-state index is 0.437. The van der Waals surface area contributed by atoms with Crippen LogP contribution in [0, 0.1) is 13.8 Å². The van der Waals surface area contributed by atoms with Crippen LogP contribution < -0.4 is 9.47 Å². The standard InChI is InChI=1S/C22H24O2/c1-5-19(15-23-21-13-9-7-11-17(21)3)20(6-2)16-24-22-14-10-8-12-18(22)4/h5-14H,1-2,15-16H2,3-4H3/b20-19-. The maximum absolute atomic E-state index is 5.92. The highest BCUT2D eigenvalue weighted by Gasteiger charge is 2.06. The van der Waals surface area contributed by atoms with Crippen LogP contribution in [0.3, 0.4) is 0 Å². The number of rotatable bonds is 8. The van der Waals surface area contributed by atoms with Crippen molar-refractivity contribution in [3.8, 4) is 11.5 Å². The molecule has 0 saturated carbocycles. The zero-order chi connectivity index (χ0) is 17.4. The number of hydrogen-bond acceptors (Lipinski definition) is 2. The van der Waals surface area contributed by atoms with Crippen molar-refractivity contribution in [3.63, 3.8) is 0 Å². The number of hydrogen-bond donors (Lipinski definition) is 0. The molecule has 0 aliphatic heterocycles. The van der Waals surface area contributed by atoms with Crippen LogP contribution >= 0.6 is 0 Å². The fourth-order valence-electron chi connectivity index (χ4n) is 2.31. The first kappa shape index (κ1) is 17.6. The molecule has 0 N–H and O–H groups in total. The lowest BCUT2D eigenvalue weighted by atomic mass is 10.1. The highest BCUT2D eigenvalue weighted by Crippen LogP contribution is 2.20. The van der Waals surface area contributed by atoms with Gasteiger partial charge in [-0.05, 0) is 48.3 Å². The molecule has 2 aromatic carbocycles. The Bertz CT molecular complexity index is 678. The second kappa shape index (κ2) is 8.78. The fourth-order valence-corrected chi connectivity index (χ4v) is 2.31. The Kier molecular flexibility index (Phi) is 6.44. The quantitative estimate of drug-likeness (QED) is 0.604. The summed E-state index contributed by atoms with van der Waals surface area (Å²) in [6.45, 7) is 12.7. The molecular formula is C22H24O2. The molecule has 124 valence electrons. The lowest BCUT2D eigenvalue weighted by Crippen LogP contribution is -2.08. The van der Waals surface area contributed by atoms with E-state index < -0.39 is 0 Å². The van der Waals surface area contributed by atoms with Crippen molar-refractivity contribution in [2.45, 2.75) is 13.8 Å². The summed E-state index contributed by atoms with van der Waals surface area (Å²) in [7, 11) is 0. The molecule has 0 aromatic heterocycles. The highest BCUT2D eigenvalue weighted by molar-refractivity contribution is 5.37. The minimum absolute atomic E-state index is 0.437. The van der Waals surface area contributed by atoms with Crippen LogP contribution in [-0.2, 0) is 0 Å². The molecule has 2 aromatic rings. The van der Waals surface area contributed by atoms with Crippen LogP contribution in [0.15, 0.2) is 85.0 Å². The molecule has 0 spiro atoms. The first-order chi connectivity index (χ1) is 11.7. The van der Waals surface area contributed by atoms with Gasteiger partial charge in [-0.15, -0.1) is 0 Å². The van der Waals surface area contributed by atoms with Gasteiger partial charge in [0, 0.05) is 0 Å². The summed E-state index contributed by atoms with van der Waals surface area (Å²) in [6, 6.07) is 15.9. The van der Waals surface area contributed by atoms with Gasteiger partial charge in [0.25, 0.3) is 0 Å². The summed E-state index contributed by atoms with van der Waals surface area (Å²) in [5.74, 6) is 1.75. The Morgan fingerprint density at radius 1 is 0.750 bits per heavy atom. The van der Waals surface area contributed by atoms with E-state index in [1.54, 1.807) is 12.2 Å². The van der Waals surface area contributed by atoms with Gasteiger partial charge in [-0.1, -0.05) is 61.7 Å². The van der Waals surface area contributed by atoms with Crippen LogP contribution in [0.1, 0.15) is 11.1 Å². The molecule has 0 unspecified atom stereocenters. The van der Waals surface area contributed by atoms with Crippen molar-refractivity contribution in [1.29, 1.82) is 0 Å². The van der Waals surface area contributed by atoms with Gasteiger partial charge in [-0.25, -0.2) is 0 Å². The third-order valence-electron chi connectivity index (χ3n) is 3.86. The van der Waals surface area contributed by atoms with Gasteiger partial charge in [0.15, 0.2) is 0 Å². The molecule has 0 atom stereocenters. The minimum Gasteiger partial charge on any atom is -0.489 e. The van der Waals surface area contributed by atoms with Gasteiger partial charge >= 0.3 is 0 Å². The van der Waals surface area contributed by atoms with Crippen molar-refractivity contribution in [1.82, 2.24) is 0 Å². The summed E-state index contributed by atoms with van der Waals surface area (Å²) < 4.78 is 11.8. The molecule has 0 fully saturated rings. The molecule has 0 radical (unpaired) electrons. The van der Waals surface area contributed by atoms with E-state index in [9.17, 15) is 0 Å². The van der Waals surface area contributed by atoms with E-state index in [0.717, 1.165) is 33.8 Å². The Hall–Kier alpha value is -2.74. The number of aryl methyl sites for hydroxylation is 2. The summed E-state index contributed by atoms with van der Waals surface area (Å²) in [4.78, 5) is 0. The lowest BCUT2D eigenvalue weighted by Gasteiger charge is -2.14. The number of para-hydroxylation sites is 2. The Morgan fingerprint density at radius 3 is 1.46 bits per heavy atom. The average Bonchev–Trinajstić information content (AvgIpc) is 2.60. The van der Waals surface area contributed by atoms with Gasteiger partial charge in [0.1, 0.15) is 24.7 Å². The van der Waals surface area contributed by atoms with E-state index in [2.05, 4.69) is 13.2 Å². The SMILES string of the molecule is C=C/C(COc1ccccc1C)=C(\C=C)COc1ccccc1C. The zero-order valence-corrected chi connectivity index (χ0v) is 14.4. The molecule has 0 aliphatic carbocycles. The van der Waals surface area contributed by atoms with Crippen LogP contribution in [0.2, 0.25) is 0 Å². The molecule has 0 aliphatic rings. The third-order valence-corrected chi connectivity index (χ3v) is 3.86. The molecule has 24 heavy (non-hydrogen) atoms. The van der Waals surface area contributed by atoms with Crippen LogP contribution in [0.25, 0.3) is 0 Å². The van der Waals surface area contributed by atoms with Gasteiger partial charge < -0.3 is 9.47 Å². The second-order valence-corrected chi connectivity index (χ2v) is 5.57. The highest BCUT2D eigenvalue weighted by atomic mass is 16.5. The van der Waals surface area contributed by atoms with Crippen molar-refractivity contribution in [3.05, 3.63) is 96.1 Å². The monoisotopic (exact) mass is 320 g/mol. The van der Waals surface area contributed by atoms with Crippen molar-refractivity contribution >= 4 is 0 Å². The number of benzene rings is 2. The second-order valence-electron chi connectivity index (χ2n) is 5.57. The summed E-state index contributed by atoms with van der Waals surface area (Å²) >= 11 is 0. The fraction of sp³-hybridized carbons (Fsp3) is 0.182. The van der Waals surface area contributed by atoms with Gasteiger partial charge in [0.2, 0.25) is 0 Å². The summed E-state index contributed by atoms with van der Waals surface area (Å²) in [5.41, 5.74) is 4.16. The topological polar surface area (TPSA) is 18.5 Å². The molecule has 2 nitrogen and oxygen atoms in total. The maximum atomic E-state index is 5.92. The lowest BCUT2D eigenvalue weighted by molar-refractivity contribution is 0.336. The predicted molar refractivity (Wildman–Crippen MR) is 101 cm³/mol. The smallest absolute Gasteiger partial charge is 0.122 e. The van der Waals surface area contributed by atoms with Gasteiger partial charge in [-0.3, -0.25) is 0 Å². The van der Waals surface area contributed by atoms with Crippen molar-refractivity contribution < 1.29 is 9.47 Å². The predicted octanol–water partition coefficient (Wildman–Crippen LogP) is 5.43. The molecule has 2 heteroatoms. The Balaban J connectivity index is 2.08. The van der Waals surface area contributed by atoms with Crippen LogP contribution in [0.5, 0.6) is 11.5 Å². The Labute approximate surface area is 144 Å². The number of ether oxygens (including phenoxy) is 2. The van der Waals surface area contributed by atoms with E-state index in [-0.39, 0.29) is 0 Å². The first-order valence-electron chi connectivity index (χ1n) is 7.99. The van der Waals surface area contributed by atoms with Crippen LogP contribution in [0.4, 0.5) is 0 Å². The van der Waals surface area contributed by atoms with E-state index in [1.807, 2.05) is 62.4 Å². The van der Waals surface area contributed by atoms with Crippen molar-refractivity contribution in [2.24, 2.45) is 0 Å². The Morgan fingerprint density at radius 2 is 1.12 bits per heavy atom. The van der Waals surface area contributed by atoms with E-state index >= 15 is 0 Å². The van der Waals surface area contributed by atoms with E-state index in [0.29, 0.717) is 13.2 Å².